The monoisotopic (exact) mass is 408 g/mol. The van der Waals surface area contributed by atoms with Crippen LogP contribution in [0.25, 0.3) is 5.65 Å². The fraction of sp³-hybridized carbons (Fsp3) is 0.476. The molecule has 9 heteroatoms. The number of amides is 1. The summed E-state index contributed by atoms with van der Waals surface area (Å²) in [5.41, 5.74) is 3.44. The number of aryl methyl sites for hydroxylation is 3. The minimum atomic E-state index is -0.209. The van der Waals surface area contributed by atoms with Gasteiger partial charge in [-0.2, -0.15) is 9.61 Å². The maximum atomic E-state index is 13.1. The molecule has 0 atom stereocenters. The lowest BCUT2D eigenvalue weighted by atomic mass is 9.95. The Balaban J connectivity index is 1.35. The van der Waals surface area contributed by atoms with Crippen LogP contribution in [0.15, 0.2) is 23.1 Å². The van der Waals surface area contributed by atoms with Crippen molar-refractivity contribution in [3.8, 4) is 5.75 Å². The Labute approximate surface area is 173 Å². The van der Waals surface area contributed by atoms with Crippen molar-refractivity contribution in [3.63, 3.8) is 0 Å². The molecule has 0 saturated carbocycles. The van der Waals surface area contributed by atoms with Gasteiger partial charge in [0.05, 0.1) is 18.4 Å². The average Bonchev–Trinajstić information content (AvgIpc) is 3.39. The maximum absolute atomic E-state index is 13.1. The second-order valence-electron chi connectivity index (χ2n) is 8.07. The fourth-order valence-electron chi connectivity index (χ4n) is 4.50. The molecule has 0 unspecified atom stereocenters. The topological polar surface area (TPSA) is 94.6 Å². The summed E-state index contributed by atoms with van der Waals surface area (Å²) >= 11 is 0. The second kappa shape index (κ2) is 7.23. The number of carbonyl (C=O) groups excluding carboxylic acids is 1. The molecular weight excluding hydrogens is 384 g/mol. The fourth-order valence-corrected chi connectivity index (χ4v) is 4.50. The largest absolute Gasteiger partial charge is 0.496 e. The molecule has 0 spiro atoms. The standard InChI is InChI=1S/C21H24N6O3/c1-25-12-15(17(30-2)11-19(25)28)21(29)26-8-6-13(7-9-26)20-23-22-18-10-14-4-3-5-16(14)24-27(18)20/h10-13H,3-9H2,1-2H3. The molecule has 0 N–H and O–H groups in total. The molecule has 0 bridgehead atoms. The normalized spacial score (nSPS) is 16.8. The summed E-state index contributed by atoms with van der Waals surface area (Å²) in [5.74, 6) is 1.28. The Morgan fingerprint density at radius 3 is 2.73 bits per heavy atom. The predicted molar refractivity (Wildman–Crippen MR) is 109 cm³/mol. The quantitative estimate of drug-likeness (QED) is 0.649. The summed E-state index contributed by atoms with van der Waals surface area (Å²) in [6.07, 6.45) is 6.35. The van der Waals surface area contributed by atoms with E-state index in [1.54, 1.807) is 13.2 Å². The van der Waals surface area contributed by atoms with Gasteiger partial charge in [0.1, 0.15) is 5.75 Å². The number of ether oxygens (including phenoxy) is 1. The van der Waals surface area contributed by atoms with Gasteiger partial charge in [-0.3, -0.25) is 9.59 Å². The molecule has 1 saturated heterocycles. The third-order valence-electron chi connectivity index (χ3n) is 6.23. The molecule has 1 fully saturated rings. The number of fused-ring (bicyclic) bond motifs is 2. The van der Waals surface area contributed by atoms with E-state index in [1.165, 1.54) is 23.3 Å². The van der Waals surface area contributed by atoms with Gasteiger partial charge in [-0.15, -0.1) is 10.2 Å². The van der Waals surface area contributed by atoms with Crippen LogP contribution in [-0.2, 0) is 19.9 Å². The van der Waals surface area contributed by atoms with Gasteiger partial charge >= 0.3 is 0 Å². The van der Waals surface area contributed by atoms with Crippen molar-refractivity contribution >= 4 is 11.6 Å². The van der Waals surface area contributed by atoms with E-state index in [4.69, 9.17) is 9.84 Å². The third-order valence-corrected chi connectivity index (χ3v) is 6.23. The summed E-state index contributed by atoms with van der Waals surface area (Å²) in [4.78, 5) is 26.7. The molecule has 3 aromatic rings. The van der Waals surface area contributed by atoms with Crippen LogP contribution in [0.1, 0.15) is 52.6 Å². The number of pyridine rings is 1. The lowest BCUT2D eigenvalue weighted by Crippen LogP contribution is -2.39. The zero-order valence-corrected chi connectivity index (χ0v) is 17.2. The van der Waals surface area contributed by atoms with Crippen LogP contribution in [0.4, 0.5) is 0 Å². The minimum absolute atomic E-state index is 0.122. The highest BCUT2D eigenvalue weighted by Gasteiger charge is 2.30. The highest BCUT2D eigenvalue weighted by molar-refractivity contribution is 5.96. The number of piperidine rings is 1. The van der Waals surface area contributed by atoms with Gasteiger partial charge < -0.3 is 14.2 Å². The van der Waals surface area contributed by atoms with Crippen molar-refractivity contribution < 1.29 is 9.53 Å². The Hall–Kier alpha value is -3.23. The molecule has 0 radical (unpaired) electrons. The number of aromatic nitrogens is 5. The molecule has 30 heavy (non-hydrogen) atoms. The Kier molecular flexibility index (Phi) is 4.52. The van der Waals surface area contributed by atoms with E-state index in [-0.39, 0.29) is 17.4 Å². The van der Waals surface area contributed by atoms with Gasteiger partial charge in [-0.05, 0) is 43.7 Å². The lowest BCUT2D eigenvalue weighted by molar-refractivity contribution is 0.0706. The first-order valence-corrected chi connectivity index (χ1v) is 10.3. The van der Waals surface area contributed by atoms with E-state index < -0.39 is 0 Å². The number of likely N-dealkylation sites (tertiary alicyclic amines) is 1. The van der Waals surface area contributed by atoms with Crippen LogP contribution in [0.3, 0.4) is 0 Å². The van der Waals surface area contributed by atoms with E-state index >= 15 is 0 Å². The SMILES string of the molecule is COc1cc(=O)n(C)cc1C(=O)N1CCC(c2nnc3cc4c(nn23)CCC4)CC1. The van der Waals surface area contributed by atoms with Crippen molar-refractivity contribution in [3.05, 3.63) is 51.3 Å². The van der Waals surface area contributed by atoms with Crippen molar-refractivity contribution in [2.45, 2.75) is 38.0 Å². The third kappa shape index (κ3) is 3.05. The van der Waals surface area contributed by atoms with Crippen LogP contribution in [0, 0.1) is 0 Å². The summed E-state index contributed by atoms with van der Waals surface area (Å²) < 4.78 is 8.56. The number of hydrogen-bond donors (Lipinski definition) is 0. The Morgan fingerprint density at radius 1 is 1.17 bits per heavy atom. The molecule has 1 amide bonds. The number of carbonyl (C=O) groups is 1. The predicted octanol–water partition coefficient (Wildman–Crippen LogP) is 1.34. The second-order valence-corrected chi connectivity index (χ2v) is 8.07. The molecule has 156 valence electrons. The molecule has 9 nitrogen and oxygen atoms in total. The van der Waals surface area contributed by atoms with E-state index in [1.807, 2.05) is 9.42 Å². The smallest absolute Gasteiger partial charge is 0.259 e. The van der Waals surface area contributed by atoms with Crippen molar-refractivity contribution in [2.24, 2.45) is 7.05 Å². The highest BCUT2D eigenvalue weighted by atomic mass is 16.5. The van der Waals surface area contributed by atoms with Crippen molar-refractivity contribution in [2.75, 3.05) is 20.2 Å². The number of hydrogen-bond acceptors (Lipinski definition) is 6. The average molecular weight is 408 g/mol. The zero-order chi connectivity index (χ0) is 20.8. The van der Waals surface area contributed by atoms with E-state index in [9.17, 15) is 9.59 Å². The van der Waals surface area contributed by atoms with Crippen molar-refractivity contribution in [1.29, 1.82) is 0 Å². The number of methoxy groups -OCH3 is 1. The van der Waals surface area contributed by atoms with Crippen LogP contribution in [0.2, 0.25) is 0 Å². The zero-order valence-electron chi connectivity index (χ0n) is 17.2. The molecule has 1 aliphatic heterocycles. The van der Waals surface area contributed by atoms with Gasteiger partial charge in [-0.25, -0.2) is 0 Å². The highest BCUT2D eigenvalue weighted by Crippen LogP contribution is 2.30. The first-order chi connectivity index (χ1) is 14.5. The van der Waals surface area contributed by atoms with E-state index in [2.05, 4.69) is 16.3 Å². The van der Waals surface area contributed by atoms with Crippen LogP contribution >= 0.6 is 0 Å². The molecule has 2 aliphatic rings. The van der Waals surface area contributed by atoms with E-state index in [0.29, 0.717) is 24.4 Å². The number of nitrogens with zero attached hydrogens (tertiary/aromatic N) is 6. The molecule has 3 aromatic heterocycles. The van der Waals surface area contributed by atoms with Crippen LogP contribution in [-0.4, -0.2) is 55.4 Å². The van der Waals surface area contributed by atoms with Gasteiger partial charge in [0.25, 0.3) is 11.5 Å². The Bertz CT molecular complexity index is 1190. The van der Waals surface area contributed by atoms with Gasteiger partial charge in [0.2, 0.25) is 0 Å². The van der Waals surface area contributed by atoms with E-state index in [0.717, 1.165) is 49.3 Å². The minimum Gasteiger partial charge on any atom is -0.496 e. The van der Waals surface area contributed by atoms with Crippen LogP contribution < -0.4 is 10.3 Å². The number of rotatable bonds is 3. The maximum Gasteiger partial charge on any atom is 0.259 e. The first kappa shape index (κ1) is 18.8. The molecule has 4 heterocycles. The molecule has 1 aliphatic carbocycles. The van der Waals surface area contributed by atoms with Crippen molar-refractivity contribution in [1.82, 2.24) is 29.3 Å². The summed E-state index contributed by atoms with van der Waals surface area (Å²) in [5, 5.41) is 13.6. The summed E-state index contributed by atoms with van der Waals surface area (Å²) in [7, 11) is 3.10. The Morgan fingerprint density at radius 2 is 1.97 bits per heavy atom. The van der Waals surface area contributed by atoms with Gasteiger partial charge in [0.15, 0.2) is 11.5 Å². The molecule has 5 rings (SSSR count). The lowest BCUT2D eigenvalue weighted by Gasteiger charge is -2.31. The summed E-state index contributed by atoms with van der Waals surface area (Å²) in [6, 6.07) is 3.46. The molecule has 0 aromatic carbocycles. The van der Waals surface area contributed by atoms with Gasteiger partial charge in [-0.1, -0.05) is 0 Å². The summed E-state index contributed by atoms with van der Waals surface area (Å²) in [6.45, 7) is 1.21. The van der Waals surface area contributed by atoms with Crippen LogP contribution in [0.5, 0.6) is 5.75 Å². The molecular formula is C21H24N6O3. The first-order valence-electron chi connectivity index (χ1n) is 10.3. The van der Waals surface area contributed by atoms with Gasteiger partial charge in [0, 0.05) is 38.3 Å².